The Morgan fingerprint density at radius 3 is 2.21 bits per heavy atom. The summed E-state index contributed by atoms with van der Waals surface area (Å²) in [7, 11) is -3.76. The van der Waals surface area contributed by atoms with E-state index in [0.717, 1.165) is 29.2 Å². The molecule has 28 heavy (non-hydrogen) atoms. The highest BCUT2D eigenvalue weighted by Gasteiger charge is 2.28. The van der Waals surface area contributed by atoms with Crippen LogP contribution in [0.5, 0.6) is 0 Å². The molecule has 1 aromatic carbocycles. The van der Waals surface area contributed by atoms with Crippen molar-refractivity contribution < 1.29 is 8.42 Å². The summed E-state index contributed by atoms with van der Waals surface area (Å²) in [6, 6.07) is 9.12. The molecule has 0 spiro atoms. The summed E-state index contributed by atoms with van der Waals surface area (Å²) in [5.41, 5.74) is 4.61. The van der Waals surface area contributed by atoms with Gasteiger partial charge in [-0.15, -0.1) is 0 Å². The van der Waals surface area contributed by atoms with Crippen LogP contribution in [-0.4, -0.2) is 28.0 Å². The van der Waals surface area contributed by atoms with Crippen molar-refractivity contribution >= 4 is 10.0 Å². The van der Waals surface area contributed by atoms with Crippen LogP contribution in [0.2, 0.25) is 0 Å². The van der Waals surface area contributed by atoms with Crippen LogP contribution in [-0.2, 0) is 16.6 Å². The SMILES string of the molecule is CCn1nc(C)c(C(C)NS(=O)(=O)c2c(C)nn(-c3ccccc3)c2C)c1C. The predicted octanol–water partition coefficient (Wildman–Crippen LogP) is 3.36. The topological polar surface area (TPSA) is 81.8 Å². The minimum atomic E-state index is -3.76. The zero-order valence-corrected chi connectivity index (χ0v) is 18.0. The highest BCUT2D eigenvalue weighted by molar-refractivity contribution is 7.89. The molecule has 3 aromatic rings. The third-order valence-electron chi connectivity index (χ3n) is 5.00. The van der Waals surface area contributed by atoms with Gasteiger partial charge in [-0.3, -0.25) is 4.68 Å². The van der Waals surface area contributed by atoms with Gasteiger partial charge in [0.15, 0.2) is 0 Å². The Kier molecular flexibility index (Phi) is 5.45. The largest absolute Gasteiger partial charge is 0.270 e. The number of benzene rings is 1. The molecule has 2 heterocycles. The highest BCUT2D eigenvalue weighted by Crippen LogP contribution is 2.27. The molecule has 3 rings (SSSR count). The molecule has 2 aromatic heterocycles. The Labute approximate surface area is 166 Å². The van der Waals surface area contributed by atoms with Crippen LogP contribution in [0, 0.1) is 27.7 Å². The quantitative estimate of drug-likeness (QED) is 0.687. The van der Waals surface area contributed by atoms with Crippen LogP contribution in [0.1, 0.15) is 48.2 Å². The first-order chi connectivity index (χ1) is 13.2. The maximum atomic E-state index is 13.2. The van der Waals surface area contributed by atoms with E-state index < -0.39 is 16.1 Å². The number of nitrogens with zero attached hydrogens (tertiary/aromatic N) is 4. The lowest BCUT2D eigenvalue weighted by Crippen LogP contribution is -2.28. The Morgan fingerprint density at radius 1 is 1.00 bits per heavy atom. The summed E-state index contributed by atoms with van der Waals surface area (Å²) in [5.74, 6) is 0. The summed E-state index contributed by atoms with van der Waals surface area (Å²) >= 11 is 0. The lowest BCUT2D eigenvalue weighted by atomic mass is 10.1. The van der Waals surface area contributed by atoms with Gasteiger partial charge in [0.1, 0.15) is 4.90 Å². The fraction of sp³-hybridized carbons (Fsp3) is 0.400. The van der Waals surface area contributed by atoms with Crippen LogP contribution in [0.15, 0.2) is 35.2 Å². The molecule has 8 heteroatoms. The molecule has 1 N–H and O–H groups in total. The molecule has 0 aliphatic rings. The highest BCUT2D eigenvalue weighted by atomic mass is 32.2. The molecule has 0 fully saturated rings. The molecule has 150 valence electrons. The van der Waals surface area contributed by atoms with Gasteiger partial charge in [-0.25, -0.2) is 17.8 Å². The molecule has 1 unspecified atom stereocenters. The second-order valence-corrected chi connectivity index (χ2v) is 8.64. The zero-order chi connectivity index (χ0) is 20.6. The van der Waals surface area contributed by atoms with E-state index in [-0.39, 0.29) is 4.90 Å². The van der Waals surface area contributed by atoms with Gasteiger partial charge in [0, 0.05) is 23.8 Å². The molecule has 1 atom stereocenters. The minimum absolute atomic E-state index is 0.224. The fourth-order valence-electron chi connectivity index (χ4n) is 3.83. The summed E-state index contributed by atoms with van der Waals surface area (Å²) in [6.07, 6.45) is 0. The monoisotopic (exact) mass is 401 g/mol. The van der Waals surface area contributed by atoms with Gasteiger partial charge < -0.3 is 0 Å². The molecule has 0 aliphatic carbocycles. The second-order valence-electron chi connectivity index (χ2n) is 6.99. The van der Waals surface area contributed by atoms with E-state index in [1.807, 2.05) is 62.7 Å². The lowest BCUT2D eigenvalue weighted by Gasteiger charge is -2.15. The molecule has 7 nitrogen and oxygen atoms in total. The average Bonchev–Trinajstić information content (AvgIpc) is 3.10. The van der Waals surface area contributed by atoms with E-state index in [2.05, 4.69) is 14.9 Å². The Morgan fingerprint density at radius 2 is 1.64 bits per heavy atom. The average molecular weight is 402 g/mol. The van der Waals surface area contributed by atoms with Crippen LogP contribution in [0.3, 0.4) is 0 Å². The molecular weight excluding hydrogens is 374 g/mol. The number of aryl methyl sites for hydroxylation is 3. The number of hydrogen-bond acceptors (Lipinski definition) is 4. The maximum Gasteiger partial charge on any atom is 0.244 e. The molecular formula is C20H27N5O2S. The Hall–Kier alpha value is -2.45. The first-order valence-corrected chi connectivity index (χ1v) is 10.8. The normalized spacial score (nSPS) is 13.1. The van der Waals surface area contributed by atoms with Crippen molar-refractivity contribution in [3.8, 4) is 5.69 Å². The molecule has 0 bridgehead atoms. The first kappa shape index (κ1) is 20.3. The Balaban J connectivity index is 1.98. The van der Waals surface area contributed by atoms with Gasteiger partial charge in [0.05, 0.1) is 22.8 Å². The van der Waals surface area contributed by atoms with E-state index in [1.165, 1.54) is 0 Å². The third kappa shape index (κ3) is 3.49. The molecule has 0 radical (unpaired) electrons. The van der Waals surface area contributed by atoms with Crippen LogP contribution < -0.4 is 4.72 Å². The van der Waals surface area contributed by atoms with E-state index in [1.54, 1.807) is 18.5 Å². The van der Waals surface area contributed by atoms with Crippen molar-refractivity contribution in [2.24, 2.45) is 0 Å². The Bertz CT molecular complexity index is 1100. The molecule has 0 saturated carbocycles. The van der Waals surface area contributed by atoms with Gasteiger partial charge in [-0.2, -0.15) is 10.2 Å². The predicted molar refractivity (Wildman–Crippen MR) is 109 cm³/mol. The first-order valence-electron chi connectivity index (χ1n) is 9.35. The lowest BCUT2D eigenvalue weighted by molar-refractivity contribution is 0.564. The van der Waals surface area contributed by atoms with Crippen molar-refractivity contribution in [2.75, 3.05) is 0 Å². The summed E-state index contributed by atoms with van der Waals surface area (Å²) < 4.78 is 32.8. The van der Waals surface area contributed by atoms with E-state index in [4.69, 9.17) is 0 Å². The summed E-state index contributed by atoms with van der Waals surface area (Å²) in [5, 5.41) is 8.96. The van der Waals surface area contributed by atoms with E-state index >= 15 is 0 Å². The summed E-state index contributed by atoms with van der Waals surface area (Å²) in [6.45, 7) is 12.0. The van der Waals surface area contributed by atoms with Crippen molar-refractivity contribution in [3.63, 3.8) is 0 Å². The maximum absolute atomic E-state index is 13.2. The number of rotatable bonds is 6. The van der Waals surface area contributed by atoms with Crippen LogP contribution >= 0.6 is 0 Å². The van der Waals surface area contributed by atoms with Gasteiger partial charge in [0.25, 0.3) is 0 Å². The minimum Gasteiger partial charge on any atom is -0.270 e. The molecule has 0 aliphatic heterocycles. The van der Waals surface area contributed by atoms with Gasteiger partial charge in [-0.1, -0.05) is 18.2 Å². The number of para-hydroxylation sites is 1. The van der Waals surface area contributed by atoms with Crippen molar-refractivity contribution in [2.45, 2.75) is 59.0 Å². The van der Waals surface area contributed by atoms with Gasteiger partial charge in [0.2, 0.25) is 10.0 Å². The van der Waals surface area contributed by atoms with Crippen molar-refractivity contribution in [1.82, 2.24) is 24.3 Å². The number of nitrogens with one attached hydrogen (secondary N) is 1. The van der Waals surface area contributed by atoms with E-state index in [9.17, 15) is 8.42 Å². The van der Waals surface area contributed by atoms with Crippen LogP contribution in [0.25, 0.3) is 5.69 Å². The van der Waals surface area contributed by atoms with E-state index in [0.29, 0.717) is 11.4 Å². The molecule has 0 saturated heterocycles. The van der Waals surface area contributed by atoms with Crippen molar-refractivity contribution in [3.05, 3.63) is 58.7 Å². The smallest absolute Gasteiger partial charge is 0.244 e. The number of hydrogen-bond donors (Lipinski definition) is 1. The standard InChI is InChI=1S/C20H27N5O2S/c1-7-24-16(5)19(13(2)21-24)14(3)23-28(26,27)20-15(4)22-25(17(20)6)18-11-9-8-10-12-18/h8-12,14,23H,7H2,1-6H3. The van der Waals surface area contributed by atoms with Gasteiger partial charge >= 0.3 is 0 Å². The molecule has 0 amide bonds. The number of aromatic nitrogens is 4. The fourth-order valence-corrected chi connectivity index (χ4v) is 5.44. The second kappa shape index (κ2) is 7.52. The van der Waals surface area contributed by atoms with Crippen molar-refractivity contribution in [1.29, 1.82) is 0 Å². The van der Waals surface area contributed by atoms with Crippen LogP contribution in [0.4, 0.5) is 0 Å². The van der Waals surface area contributed by atoms with Gasteiger partial charge in [-0.05, 0) is 53.7 Å². The zero-order valence-electron chi connectivity index (χ0n) is 17.2. The number of sulfonamides is 1. The summed E-state index contributed by atoms with van der Waals surface area (Å²) in [4.78, 5) is 0.224. The third-order valence-corrected chi connectivity index (χ3v) is 6.79.